The molecule has 1 aromatic carbocycles. The van der Waals surface area contributed by atoms with Crippen LogP contribution in [0.2, 0.25) is 0 Å². The number of hydrogen-bond donors (Lipinski definition) is 1. The smallest absolute Gasteiger partial charge is 0.0706 e. The maximum atomic E-state index is 4.92. The van der Waals surface area contributed by atoms with Gasteiger partial charge in [-0.3, -0.25) is 9.88 Å². The summed E-state index contributed by atoms with van der Waals surface area (Å²) in [5, 5.41) is 4.56. The lowest BCUT2D eigenvalue weighted by atomic mass is 9.96. The zero-order valence-corrected chi connectivity index (χ0v) is 12.3. The zero-order valence-electron chi connectivity index (χ0n) is 12.3. The van der Waals surface area contributed by atoms with Crippen molar-refractivity contribution in [1.82, 2.24) is 15.2 Å². The molecule has 0 aliphatic carbocycles. The zero-order chi connectivity index (χ0) is 13.9. The Morgan fingerprint density at radius 3 is 2.90 bits per heavy atom. The van der Waals surface area contributed by atoms with Gasteiger partial charge in [-0.25, -0.2) is 0 Å². The molecule has 1 fully saturated rings. The van der Waals surface area contributed by atoms with Gasteiger partial charge in [0.1, 0.15) is 0 Å². The minimum Gasteiger partial charge on any atom is -0.319 e. The third kappa shape index (κ3) is 2.43. The van der Waals surface area contributed by atoms with Crippen LogP contribution in [0.15, 0.2) is 36.4 Å². The van der Waals surface area contributed by atoms with Gasteiger partial charge >= 0.3 is 0 Å². The number of aromatic nitrogens is 1. The van der Waals surface area contributed by atoms with Crippen LogP contribution in [-0.2, 0) is 0 Å². The average Bonchev–Trinajstić information content (AvgIpc) is 2.90. The summed E-state index contributed by atoms with van der Waals surface area (Å²) >= 11 is 0. The first-order valence-corrected chi connectivity index (χ1v) is 7.58. The van der Waals surface area contributed by atoms with Gasteiger partial charge in [-0.2, -0.15) is 0 Å². The lowest BCUT2D eigenvalue weighted by molar-refractivity contribution is 0.234. The standard InChI is InChI=1S/C17H23N3/c1-3-20-11-10-14(12-18-2)17(20)16-9-8-13-6-4-5-7-15(13)19-16/h4-9,14,17-18H,3,10-12H2,1-2H3. The highest BCUT2D eigenvalue weighted by molar-refractivity contribution is 5.78. The molecule has 20 heavy (non-hydrogen) atoms. The van der Waals surface area contributed by atoms with E-state index in [1.165, 1.54) is 24.0 Å². The third-order valence-electron chi connectivity index (χ3n) is 4.42. The summed E-state index contributed by atoms with van der Waals surface area (Å²) < 4.78 is 0. The van der Waals surface area contributed by atoms with E-state index in [2.05, 4.69) is 53.5 Å². The third-order valence-corrected chi connectivity index (χ3v) is 4.42. The molecule has 2 unspecified atom stereocenters. The Bertz CT molecular complexity index is 581. The summed E-state index contributed by atoms with van der Waals surface area (Å²) in [6.07, 6.45) is 1.26. The fraction of sp³-hybridized carbons (Fsp3) is 0.471. The second-order valence-electron chi connectivity index (χ2n) is 5.61. The van der Waals surface area contributed by atoms with E-state index in [-0.39, 0.29) is 0 Å². The van der Waals surface area contributed by atoms with Gasteiger partial charge in [-0.1, -0.05) is 31.2 Å². The molecular weight excluding hydrogens is 246 g/mol. The molecule has 1 N–H and O–H groups in total. The van der Waals surface area contributed by atoms with Gasteiger partial charge in [-0.15, -0.1) is 0 Å². The average molecular weight is 269 g/mol. The van der Waals surface area contributed by atoms with Crippen molar-refractivity contribution in [3.63, 3.8) is 0 Å². The minimum atomic E-state index is 0.456. The van der Waals surface area contributed by atoms with Crippen LogP contribution in [0.5, 0.6) is 0 Å². The van der Waals surface area contributed by atoms with Gasteiger partial charge in [-0.05, 0) is 51.2 Å². The fourth-order valence-electron chi connectivity index (χ4n) is 3.43. The second kappa shape index (κ2) is 5.90. The predicted molar refractivity (Wildman–Crippen MR) is 83.8 cm³/mol. The maximum Gasteiger partial charge on any atom is 0.0706 e. The maximum absolute atomic E-state index is 4.92. The fourth-order valence-corrected chi connectivity index (χ4v) is 3.43. The van der Waals surface area contributed by atoms with Gasteiger partial charge in [0, 0.05) is 5.39 Å². The first-order valence-electron chi connectivity index (χ1n) is 7.58. The quantitative estimate of drug-likeness (QED) is 0.925. The first-order chi connectivity index (χ1) is 9.83. The number of nitrogens with zero attached hydrogens (tertiary/aromatic N) is 2. The van der Waals surface area contributed by atoms with E-state index in [4.69, 9.17) is 4.98 Å². The SMILES string of the molecule is CCN1CCC(CNC)C1c1ccc2ccccc2n1. The summed E-state index contributed by atoms with van der Waals surface area (Å²) in [6, 6.07) is 13.2. The number of benzene rings is 1. The van der Waals surface area contributed by atoms with Crippen LogP contribution in [0.25, 0.3) is 10.9 Å². The topological polar surface area (TPSA) is 28.2 Å². The highest BCUT2D eigenvalue weighted by atomic mass is 15.2. The molecule has 0 saturated carbocycles. The molecule has 2 heterocycles. The number of likely N-dealkylation sites (tertiary alicyclic amines) is 1. The van der Waals surface area contributed by atoms with Crippen LogP contribution < -0.4 is 5.32 Å². The number of para-hydroxylation sites is 1. The lowest BCUT2D eigenvalue weighted by Gasteiger charge is -2.27. The van der Waals surface area contributed by atoms with E-state index in [1.54, 1.807) is 0 Å². The molecule has 0 radical (unpaired) electrons. The van der Waals surface area contributed by atoms with Crippen LogP contribution in [0.3, 0.4) is 0 Å². The van der Waals surface area contributed by atoms with E-state index >= 15 is 0 Å². The molecule has 2 aromatic rings. The highest BCUT2D eigenvalue weighted by Crippen LogP contribution is 2.36. The van der Waals surface area contributed by atoms with E-state index < -0.39 is 0 Å². The molecule has 3 rings (SSSR count). The van der Waals surface area contributed by atoms with Crippen molar-refractivity contribution < 1.29 is 0 Å². The Morgan fingerprint density at radius 1 is 1.25 bits per heavy atom. The summed E-state index contributed by atoms with van der Waals surface area (Å²) in [6.45, 7) is 5.59. The molecule has 1 aliphatic rings. The first kappa shape index (κ1) is 13.5. The number of nitrogens with one attached hydrogen (secondary N) is 1. The van der Waals surface area contributed by atoms with E-state index in [0.717, 1.165) is 18.6 Å². The van der Waals surface area contributed by atoms with Crippen LogP contribution in [0, 0.1) is 5.92 Å². The monoisotopic (exact) mass is 269 g/mol. The Kier molecular flexibility index (Phi) is 3.99. The Morgan fingerprint density at radius 2 is 2.10 bits per heavy atom. The molecule has 0 bridgehead atoms. The normalized spacial score (nSPS) is 23.5. The largest absolute Gasteiger partial charge is 0.319 e. The van der Waals surface area contributed by atoms with Crippen molar-refractivity contribution in [3.05, 3.63) is 42.1 Å². The van der Waals surface area contributed by atoms with E-state index in [1.807, 2.05) is 7.05 Å². The number of rotatable bonds is 4. The highest BCUT2D eigenvalue weighted by Gasteiger charge is 2.34. The Hall–Kier alpha value is -1.45. The molecule has 1 aliphatic heterocycles. The van der Waals surface area contributed by atoms with Crippen molar-refractivity contribution in [1.29, 1.82) is 0 Å². The van der Waals surface area contributed by atoms with Crippen molar-refractivity contribution in [2.24, 2.45) is 5.92 Å². The molecule has 0 spiro atoms. The summed E-state index contributed by atoms with van der Waals surface area (Å²) in [5.41, 5.74) is 2.33. The molecular formula is C17H23N3. The van der Waals surface area contributed by atoms with Crippen molar-refractivity contribution in [3.8, 4) is 0 Å². The Balaban J connectivity index is 1.97. The molecule has 3 heteroatoms. The predicted octanol–water partition coefficient (Wildman–Crippen LogP) is 2.84. The molecule has 1 aromatic heterocycles. The Labute approximate surface area is 121 Å². The van der Waals surface area contributed by atoms with Gasteiger partial charge < -0.3 is 5.32 Å². The molecule has 1 saturated heterocycles. The van der Waals surface area contributed by atoms with Crippen molar-refractivity contribution in [2.45, 2.75) is 19.4 Å². The molecule has 0 amide bonds. The van der Waals surface area contributed by atoms with Crippen molar-refractivity contribution in [2.75, 3.05) is 26.7 Å². The molecule has 106 valence electrons. The summed E-state index contributed by atoms with van der Waals surface area (Å²) in [4.78, 5) is 7.47. The number of hydrogen-bond acceptors (Lipinski definition) is 3. The van der Waals surface area contributed by atoms with E-state index in [0.29, 0.717) is 12.0 Å². The molecule has 2 atom stereocenters. The van der Waals surface area contributed by atoms with Gasteiger partial charge in [0.25, 0.3) is 0 Å². The summed E-state index contributed by atoms with van der Waals surface area (Å²) in [7, 11) is 2.04. The van der Waals surface area contributed by atoms with Crippen LogP contribution in [0.1, 0.15) is 25.1 Å². The van der Waals surface area contributed by atoms with Crippen molar-refractivity contribution >= 4 is 10.9 Å². The van der Waals surface area contributed by atoms with E-state index in [9.17, 15) is 0 Å². The summed E-state index contributed by atoms with van der Waals surface area (Å²) in [5.74, 6) is 0.661. The number of fused-ring (bicyclic) bond motifs is 1. The molecule has 3 nitrogen and oxygen atoms in total. The second-order valence-corrected chi connectivity index (χ2v) is 5.61. The minimum absolute atomic E-state index is 0.456. The van der Waals surface area contributed by atoms with Crippen LogP contribution >= 0.6 is 0 Å². The van der Waals surface area contributed by atoms with Gasteiger partial charge in [0.2, 0.25) is 0 Å². The lowest BCUT2D eigenvalue weighted by Crippen LogP contribution is -2.29. The van der Waals surface area contributed by atoms with Crippen LogP contribution in [0.4, 0.5) is 0 Å². The van der Waals surface area contributed by atoms with Gasteiger partial charge in [0.05, 0.1) is 17.3 Å². The van der Waals surface area contributed by atoms with Crippen LogP contribution in [-0.4, -0.2) is 36.6 Å². The van der Waals surface area contributed by atoms with Gasteiger partial charge in [0.15, 0.2) is 0 Å². The number of pyridine rings is 1.